The van der Waals surface area contributed by atoms with E-state index in [1.54, 1.807) is 5.57 Å². The lowest BCUT2D eigenvalue weighted by atomic mass is 9.60. The van der Waals surface area contributed by atoms with Gasteiger partial charge in [0.05, 0.1) is 12.2 Å². The van der Waals surface area contributed by atoms with E-state index in [9.17, 15) is 10.2 Å². The second kappa shape index (κ2) is 8.19. The Morgan fingerprint density at radius 1 is 1.26 bits per heavy atom. The molecule has 0 heterocycles. The maximum Gasteiger partial charge on any atom is 0.0804 e. The molecule has 0 radical (unpaired) electrons. The van der Waals surface area contributed by atoms with Crippen LogP contribution < -0.4 is 0 Å². The van der Waals surface area contributed by atoms with E-state index in [1.165, 1.54) is 28.7 Å². The highest BCUT2D eigenvalue weighted by molar-refractivity contribution is 5.58. The molecule has 0 aromatic rings. The van der Waals surface area contributed by atoms with E-state index in [-0.39, 0.29) is 16.9 Å². The number of hydrogen-bond donors (Lipinski definition) is 2. The monoisotopic (exact) mass is 422 g/mol. The molecular weight excluding hydrogens is 380 g/mol. The molecule has 31 heavy (non-hydrogen) atoms. The molecule has 4 aliphatic rings. The molecule has 2 N–H and O–H groups in total. The van der Waals surface area contributed by atoms with Crippen molar-refractivity contribution in [1.82, 2.24) is 0 Å². The second-order valence-corrected chi connectivity index (χ2v) is 11.2. The number of aliphatic hydroxyl groups is 2. The highest BCUT2D eigenvalue weighted by atomic mass is 16.3. The van der Waals surface area contributed by atoms with Crippen LogP contribution in [-0.4, -0.2) is 22.4 Å². The summed E-state index contributed by atoms with van der Waals surface area (Å²) >= 11 is 0. The second-order valence-electron chi connectivity index (χ2n) is 11.2. The zero-order chi connectivity index (χ0) is 22.6. The summed E-state index contributed by atoms with van der Waals surface area (Å²) in [4.78, 5) is 0. The number of allylic oxidation sites excluding steroid dienone is 7. The number of rotatable bonds is 5. The first-order valence-electron chi connectivity index (χ1n) is 12.5. The molecule has 170 valence electrons. The normalized spacial score (nSPS) is 39.4. The fraction of sp³-hybridized carbons (Fsp3) is 0.655. The van der Waals surface area contributed by atoms with Gasteiger partial charge in [0.1, 0.15) is 0 Å². The van der Waals surface area contributed by atoms with Gasteiger partial charge in [0.2, 0.25) is 0 Å². The van der Waals surface area contributed by atoms with E-state index in [0.717, 1.165) is 38.5 Å². The Bertz CT molecular complexity index is 871. The maximum absolute atomic E-state index is 11.4. The molecule has 0 saturated heterocycles. The highest BCUT2D eigenvalue weighted by Crippen LogP contribution is 2.61. The molecule has 0 bridgehead atoms. The van der Waals surface area contributed by atoms with Gasteiger partial charge in [-0.3, -0.25) is 0 Å². The first-order valence-corrected chi connectivity index (χ1v) is 12.5. The molecule has 4 aliphatic carbocycles. The zero-order valence-corrected chi connectivity index (χ0v) is 20.2. The van der Waals surface area contributed by atoms with Crippen molar-refractivity contribution < 1.29 is 10.2 Å². The molecule has 0 amide bonds. The summed E-state index contributed by atoms with van der Waals surface area (Å²) in [6.45, 7) is 15.5. The Morgan fingerprint density at radius 2 is 2.00 bits per heavy atom. The summed E-state index contributed by atoms with van der Waals surface area (Å²) in [6, 6.07) is 0. The van der Waals surface area contributed by atoms with Gasteiger partial charge in [0.25, 0.3) is 0 Å². The molecule has 0 aromatic carbocycles. The number of fused-ring (bicyclic) bond motifs is 2. The van der Waals surface area contributed by atoms with Crippen molar-refractivity contribution in [3.63, 3.8) is 0 Å². The summed E-state index contributed by atoms with van der Waals surface area (Å²) in [5.74, 6) is 1.50. The van der Waals surface area contributed by atoms with E-state index in [2.05, 4.69) is 65.5 Å². The molecule has 7 atom stereocenters. The minimum atomic E-state index is -0.404. The van der Waals surface area contributed by atoms with Gasteiger partial charge in [0, 0.05) is 5.41 Å². The third-order valence-electron chi connectivity index (χ3n) is 9.38. The lowest BCUT2D eigenvalue weighted by Gasteiger charge is -2.46. The van der Waals surface area contributed by atoms with Crippen LogP contribution in [0, 0.1) is 28.6 Å². The SMILES string of the molecule is C=C(C)[C@H](C=C[C@@H](C)[C@H]1CCC2=C3C=C[C@]4(CC[C@H](O)C4)C(C)=C3[C@H](O)C[C@@]21C)CC. The quantitative estimate of drug-likeness (QED) is 0.485. The average Bonchev–Trinajstić information content (AvgIpc) is 3.25. The van der Waals surface area contributed by atoms with Crippen molar-refractivity contribution in [2.45, 2.75) is 91.8 Å². The maximum atomic E-state index is 11.4. The van der Waals surface area contributed by atoms with Gasteiger partial charge in [0.15, 0.2) is 0 Å². The molecule has 4 rings (SSSR count). The van der Waals surface area contributed by atoms with Crippen LogP contribution in [0.15, 0.2) is 58.7 Å². The Morgan fingerprint density at radius 3 is 2.61 bits per heavy atom. The highest BCUT2D eigenvalue weighted by Gasteiger charge is 2.52. The minimum absolute atomic E-state index is 0.0424. The van der Waals surface area contributed by atoms with Crippen molar-refractivity contribution in [2.75, 3.05) is 0 Å². The topological polar surface area (TPSA) is 40.5 Å². The summed E-state index contributed by atoms with van der Waals surface area (Å²) in [6.07, 6.45) is 15.8. The van der Waals surface area contributed by atoms with Crippen LogP contribution in [-0.2, 0) is 0 Å². The van der Waals surface area contributed by atoms with Crippen molar-refractivity contribution in [2.24, 2.45) is 28.6 Å². The van der Waals surface area contributed by atoms with Gasteiger partial charge >= 0.3 is 0 Å². The van der Waals surface area contributed by atoms with E-state index in [0.29, 0.717) is 17.8 Å². The molecule has 2 fully saturated rings. The van der Waals surface area contributed by atoms with Crippen molar-refractivity contribution in [3.8, 4) is 0 Å². The van der Waals surface area contributed by atoms with Gasteiger partial charge in [-0.2, -0.15) is 0 Å². The summed E-state index contributed by atoms with van der Waals surface area (Å²) in [5, 5.41) is 21.6. The Kier molecular flexibility index (Phi) is 6.03. The summed E-state index contributed by atoms with van der Waals surface area (Å²) < 4.78 is 0. The number of hydrogen-bond acceptors (Lipinski definition) is 2. The van der Waals surface area contributed by atoms with Crippen LogP contribution in [0.3, 0.4) is 0 Å². The van der Waals surface area contributed by atoms with Crippen LogP contribution >= 0.6 is 0 Å². The fourth-order valence-electron chi connectivity index (χ4n) is 7.44. The summed E-state index contributed by atoms with van der Waals surface area (Å²) in [5.41, 5.74) is 6.62. The lowest BCUT2D eigenvalue weighted by molar-refractivity contribution is 0.103. The first-order chi connectivity index (χ1) is 14.6. The molecule has 0 aromatic heterocycles. The predicted molar refractivity (Wildman–Crippen MR) is 130 cm³/mol. The molecular formula is C29H42O2. The number of aliphatic hydroxyl groups excluding tert-OH is 2. The summed E-state index contributed by atoms with van der Waals surface area (Å²) in [7, 11) is 0. The van der Waals surface area contributed by atoms with Crippen molar-refractivity contribution in [1.29, 1.82) is 0 Å². The first kappa shape index (κ1) is 22.8. The minimum Gasteiger partial charge on any atom is -0.393 e. The van der Waals surface area contributed by atoms with Gasteiger partial charge in [-0.15, -0.1) is 0 Å². The van der Waals surface area contributed by atoms with E-state index >= 15 is 0 Å². The van der Waals surface area contributed by atoms with Crippen molar-refractivity contribution >= 4 is 0 Å². The molecule has 0 unspecified atom stereocenters. The Labute approximate surface area is 189 Å². The smallest absolute Gasteiger partial charge is 0.0804 e. The molecule has 2 heteroatoms. The van der Waals surface area contributed by atoms with Crippen molar-refractivity contribution in [3.05, 3.63) is 58.7 Å². The Balaban J connectivity index is 1.66. The third-order valence-corrected chi connectivity index (χ3v) is 9.38. The molecule has 1 spiro atoms. The molecule has 0 aliphatic heterocycles. The van der Waals surface area contributed by atoms with Gasteiger partial charge in [-0.1, -0.05) is 68.4 Å². The van der Waals surface area contributed by atoms with E-state index < -0.39 is 6.10 Å². The lowest BCUT2D eigenvalue weighted by Crippen LogP contribution is -2.39. The van der Waals surface area contributed by atoms with Crippen LogP contribution in [0.4, 0.5) is 0 Å². The fourth-order valence-corrected chi connectivity index (χ4v) is 7.44. The van der Waals surface area contributed by atoms with E-state index in [4.69, 9.17) is 0 Å². The zero-order valence-electron chi connectivity index (χ0n) is 20.2. The van der Waals surface area contributed by atoms with Gasteiger partial charge in [-0.05, 0) is 93.1 Å². The largest absolute Gasteiger partial charge is 0.393 e. The molecule has 2 saturated carbocycles. The van der Waals surface area contributed by atoms with Crippen LogP contribution in [0.5, 0.6) is 0 Å². The molecule has 2 nitrogen and oxygen atoms in total. The third kappa shape index (κ3) is 3.64. The van der Waals surface area contributed by atoms with Crippen LogP contribution in [0.25, 0.3) is 0 Å². The Hall–Kier alpha value is -1.38. The van der Waals surface area contributed by atoms with Gasteiger partial charge in [-0.25, -0.2) is 0 Å². The standard InChI is InChI=1S/C29H42O2/c1-7-21(18(2)3)9-8-19(4)24-10-11-25-23-13-15-29(14-12-22(30)16-29)20(5)27(23)26(31)17-28(24,25)6/h8-9,13,15,19,21-22,24,26,30-31H,2,7,10-12,14,16-17H2,1,3-6H3/t19-,21+,22+,24-,26-,28-,29+/m1/s1. The van der Waals surface area contributed by atoms with Gasteiger partial charge < -0.3 is 10.2 Å². The van der Waals surface area contributed by atoms with Crippen LogP contribution in [0.2, 0.25) is 0 Å². The van der Waals surface area contributed by atoms with E-state index in [1.807, 2.05) is 0 Å². The van der Waals surface area contributed by atoms with Crippen LogP contribution in [0.1, 0.15) is 79.6 Å². The average molecular weight is 423 g/mol. The predicted octanol–water partition coefficient (Wildman–Crippen LogP) is 6.68.